The number of nitrogens with one attached hydrogen (secondary N) is 1. The van der Waals surface area contributed by atoms with Gasteiger partial charge in [-0.05, 0) is 81.5 Å². The van der Waals surface area contributed by atoms with E-state index in [9.17, 15) is 13.2 Å². The summed E-state index contributed by atoms with van der Waals surface area (Å²) in [5.41, 5.74) is 6.99. The molecule has 1 amide bonds. The van der Waals surface area contributed by atoms with E-state index >= 15 is 0 Å². The van der Waals surface area contributed by atoms with Gasteiger partial charge in [0.25, 0.3) is 0 Å². The van der Waals surface area contributed by atoms with Crippen molar-refractivity contribution in [3.8, 4) is 0 Å². The summed E-state index contributed by atoms with van der Waals surface area (Å²) in [5.74, 6) is -0.377. The average molecular weight is 465 g/mol. The highest BCUT2D eigenvalue weighted by Gasteiger charge is 2.30. The Morgan fingerprint density at radius 3 is 1.82 bits per heavy atom. The molecule has 0 aliphatic carbocycles. The van der Waals surface area contributed by atoms with E-state index in [0.29, 0.717) is 16.8 Å². The van der Waals surface area contributed by atoms with Crippen LogP contribution in [0.3, 0.4) is 0 Å². The van der Waals surface area contributed by atoms with E-state index in [0.717, 1.165) is 27.8 Å². The fourth-order valence-corrected chi connectivity index (χ4v) is 6.03. The summed E-state index contributed by atoms with van der Waals surface area (Å²) in [4.78, 5) is 13.2. The molecule has 0 bridgehead atoms. The first kappa shape index (κ1) is 24.7. The highest BCUT2D eigenvalue weighted by Crippen LogP contribution is 2.27. The van der Waals surface area contributed by atoms with Crippen molar-refractivity contribution in [2.45, 2.75) is 53.0 Å². The second-order valence-electron chi connectivity index (χ2n) is 8.91. The summed E-state index contributed by atoms with van der Waals surface area (Å²) in [7, 11) is -3.92. The van der Waals surface area contributed by atoms with Crippen molar-refractivity contribution >= 4 is 21.6 Å². The molecule has 0 radical (unpaired) electrons. The molecule has 0 fully saturated rings. The van der Waals surface area contributed by atoms with Gasteiger partial charge in [0.15, 0.2) is 0 Å². The van der Waals surface area contributed by atoms with E-state index < -0.39 is 10.0 Å². The number of anilines is 1. The second kappa shape index (κ2) is 9.89. The first-order chi connectivity index (χ1) is 15.5. The Hall–Kier alpha value is -2.96. The summed E-state index contributed by atoms with van der Waals surface area (Å²) >= 11 is 0. The molecule has 3 aromatic rings. The molecule has 33 heavy (non-hydrogen) atoms. The van der Waals surface area contributed by atoms with E-state index in [2.05, 4.69) is 5.32 Å². The number of carbonyl (C=O) groups excluding carboxylic acids is 1. The highest BCUT2D eigenvalue weighted by atomic mass is 32.2. The van der Waals surface area contributed by atoms with E-state index in [4.69, 9.17) is 0 Å². The quantitative estimate of drug-likeness (QED) is 0.511. The van der Waals surface area contributed by atoms with Crippen LogP contribution in [-0.2, 0) is 21.4 Å². The topological polar surface area (TPSA) is 66.5 Å². The van der Waals surface area contributed by atoms with E-state index in [1.165, 1.54) is 4.31 Å². The number of rotatable bonds is 7. The summed E-state index contributed by atoms with van der Waals surface area (Å²) in [6.45, 7) is 11.3. The largest absolute Gasteiger partial charge is 0.325 e. The molecule has 0 saturated heterocycles. The van der Waals surface area contributed by atoms with Crippen molar-refractivity contribution in [3.63, 3.8) is 0 Å². The van der Waals surface area contributed by atoms with Gasteiger partial charge in [-0.3, -0.25) is 4.79 Å². The van der Waals surface area contributed by atoms with Gasteiger partial charge in [0, 0.05) is 12.2 Å². The van der Waals surface area contributed by atoms with Crippen molar-refractivity contribution in [1.82, 2.24) is 4.31 Å². The van der Waals surface area contributed by atoms with Crippen LogP contribution in [0.5, 0.6) is 0 Å². The van der Waals surface area contributed by atoms with Gasteiger partial charge in [-0.1, -0.05) is 53.6 Å². The normalized spacial score (nSPS) is 11.6. The van der Waals surface area contributed by atoms with E-state index in [-0.39, 0.29) is 23.9 Å². The molecule has 0 spiro atoms. The standard InChI is InChI=1S/C27H32N2O3S/c1-18-7-9-24(10-8-18)16-29(17-26(30)28-25-14-19(2)11-20(3)15-25)33(31,32)27-22(5)12-21(4)13-23(27)6/h7-15H,16-17H2,1-6H3,(H,28,30). The number of nitrogens with zero attached hydrogens (tertiary/aromatic N) is 1. The molecule has 0 saturated carbocycles. The molecule has 5 nitrogen and oxygen atoms in total. The molecule has 0 unspecified atom stereocenters. The molecule has 1 N–H and O–H groups in total. The van der Waals surface area contributed by atoms with E-state index in [1.54, 1.807) is 13.8 Å². The number of sulfonamides is 1. The number of benzene rings is 3. The second-order valence-corrected chi connectivity index (χ2v) is 10.8. The van der Waals surface area contributed by atoms with Gasteiger partial charge in [0.05, 0.1) is 11.4 Å². The Kier molecular flexibility index (Phi) is 7.40. The lowest BCUT2D eigenvalue weighted by Gasteiger charge is -2.24. The van der Waals surface area contributed by atoms with Crippen LogP contribution in [0, 0.1) is 41.5 Å². The minimum atomic E-state index is -3.92. The molecular weight excluding hydrogens is 432 g/mol. The van der Waals surface area contributed by atoms with Crippen LogP contribution in [0.25, 0.3) is 0 Å². The number of carbonyl (C=O) groups is 1. The summed E-state index contributed by atoms with van der Waals surface area (Å²) < 4.78 is 28.9. The number of hydrogen-bond donors (Lipinski definition) is 1. The van der Waals surface area contributed by atoms with Crippen molar-refractivity contribution in [3.05, 3.63) is 93.5 Å². The van der Waals surface area contributed by atoms with Crippen molar-refractivity contribution in [2.75, 3.05) is 11.9 Å². The first-order valence-corrected chi connectivity index (χ1v) is 12.4. The zero-order chi connectivity index (χ0) is 24.3. The summed E-state index contributed by atoms with van der Waals surface area (Å²) in [5, 5.41) is 2.87. The first-order valence-electron chi connectivity index (χ1n) is 11.0. The Labute approximate surface area is 197 Å². The van der Waals surface area contributed by atoms with E-state index in [1.807, 2.05) is 82.3 Å². The molecule has 0 heterocycles. The zero-order valence-corrected chi connectivity index (χ0v) is 21.0. The third-order valence-electron chi connectivity index (χ3n) is 5.51. The zero-order valence-electron chi connectivity index (χ0n) is 20.2. The van der Waals surface area contributed by atoms with Gasteiger partial charge in [0.1, 0.15) is 0 Å². The fraction of sp³-hybridized carbons (Fsp3) is 0.296. The van der Waals surface area contributed by atoms with Gasteiger partial charge in [-0.15, -0.1) is 0 Å². The third-order valence-corrected chi connectivity index (χ3v) is 7.61. The Morgan fingerprint density at radius 1 is 0.758 bits per heavy atom. The Balaban J connectivity index is 1.97. The highest BCUT2D eigenvalue weighted by molar-refractivity contribution is 7.89. The van der Waals surface area contributed by atoms with Crippen molar-refractivity contribution < 1.29 is 13.2 Å². The molecule has 0 aliphatic heterocycles. The van der Waals surface area contributed by atoms with Gasteiger partial charge in [-0.2, -0.15) is 4.31 Å². The minimum Gasteiger partial charge on any atom is -0.325 e. The molecule has 174 valence electrons. The smallest absolute Gasteiger partial charge is 0.244 e. The van der Waals surface area contributed by atoms with Gasteiger partial charge in [-0.25, -0.2) is 8.42 Å². The molecule has 0 aromatic heterocycles. The molecule has 0 aliphatic rings. The maximum absolute atomic E-state index is 13.8. The predicted molar refractivity (Wildman–Crippen MR) is 134 cm³/mol. The van der Waals surface area contributed by atoms with Gasteiger partial charge in [0.2, 0.25) is 15.9 Å². The van der Waals surface area contributed by atoms with Crippen molar-refractivity contribution in [1.29, 1.82) is 0 Å². The number of aryl methyl sites for hydroxylation is 6. The maximum Gasteiger partial charge on any atom is 0.244 e. The van der Waals surface area contributed by atoms with Crippen LogP contribution >= 0.6 is 0 Å². The van der Waals surface area contributed by atoms with Crippen LogP contribution in [0.4, 0.5) is 5.69 Å². The predicted octanol–water partition coefficient (Wildman–Crippen LogP) is 5.37. The number of amides is 1. The molecule has 6 heteroatoms. The molecule has 0 atom stereocenters. The Bertz CT molecular complexity index is 1240. The maximum atomic E-state index is 13.8. The monoisotopic (exact) mass is 464 g/mol. The number of hydrogen-bond acceptors (Lipinski definition) is 3. The summed E-state index contributed by atoms with van der Waals surface area (Å²) in [6, 6.07) is 17.2. The summed E-state index contributed by atoms with van der Waals surface area (Å²) in [6.07, 6.45) is 0. The van der Waals surface area contributed by atoms with Crippen LogP contribution < -0.4 is 5.32 Å². The lowest BCUT2D eigenvalue weighted by Crippen LogP contribution is -2.38. The van der Waals surface area contributed by atoms with Crippen LogP contribution in [0.1, 0.15) is 38.9 Å². The SMILES string of the molecule is Cc1ccc(CN(CC(=O)Nc2cc(C)cc(C)c2)S(=O)(=O)c2c(C)cc(C)cc2C)cc1. The lowest BCUT2D eigenvalue weighted by atomic mass is 10.1. The van der Waals surface area contributed by atoms with Crippen LogP contribution in [0.2, 0.25) is 0 Å². The lowest BCUT2D eigenvalue weighted by molar-refractivity contribution is -0.116. The van der Waals surface area contributed by atoms with Crippen LogP contribution in [-0.4, -0.2) is 25.2 Å². The van der Waals surface area contributed by atoms with Crippen LogP contribution in [0.15, 0.2) is 59.5 Å². The van der Waals surface area contributed by atoms with Crippen molar-refractivity contribution in [2.24, 2.45) is 0 Å². The minimum absolute atomic E-state index is 0.107. The Morgan fingerprint density at radius 2 is 1.27 bits per heavy atom. The average Bonchev–Trinajstić information content (AvgIpc) is 2.67. The fourth-order valence-electron chi connectivity index (χ4n) is 4.23. The molecule has 3 aromatic carbocycles. The van der Waals surface area contributed by atoms with Gasteiger partial charge >= 0.3 is 0 Å². The molecule has 3 rings (SSSR count). The van der Waals surface area contributed by atoms with Gasteiger partial charge < -0.3 is 5.32 Å². The molecular formula is C27H32N2O3S. The third kappa shape index (κ3) is 6.09.